The first kappa shape index (κ1) is 56.8. The zero-order chi connectivity index (χ0) is 42.8. The number of hydrogen-bond donors (Lipinski definition) is 0. The van der Waals surface area contributed by atoms with Crippen LogP contribution in [0.1, 0.15) is 232 Å². The highest BCUT2D eigenvalue weighted by atomic mass is 31.2. The fraction of sp³-hybridized carbons (Fsp3) is 0.917. The van der Waals surface area contributed by atoms with E-state index in [2.05, 4.69) is 26.0 Å². The Kier molecular flexibility index (Phi) is 40.2. The van der Waals surface area contributed by atoms with Crippen LogP contribution < -0.4 is 4.89 Å². The zero-order valence-electron chi connectivity index (χ0n) is 38.8. The van der Waals surface area contributed by atoms with Crippen LogP contribution in [0.5, 0.6) is 0 Å². The van der Waals surface area contributed by atoms with Crippen LogP contribution in [0.25, 0.3) is 0 Å². The summed E-state index contributed by atoms with van der Waals surface area (Å²) in [5.74, 6) is -0.831. The summed E-state index contributed by atoms with van der Waals surface area (Å²) in [7, 11) is 1.17. The van der Waals surface area contributed by atoms with Crippen molar-refractivity contribution in [1.29, 1.82) is 0 Å². The van der Waals surface area contributed by atoms with E-state index in [0.29, 0.717) is 17.4 Å². The second-order valence-corrected chi connectivity index (χ2v) is 19.2. The third kappa shape index (κ3) is 44.3. The minimum atomic E-state index is -4.62. The molecule has 0 fully saturated rings. The first-order valence-corrected chi connectivity index (χ1v) is 25.9. The van der Waals surface area contributed by atoms with E-state index < -0.39 is 26.5 Å². The fourth-order valence-corrected chi connectivity index (χ4v) is 7.67. The van der Waals surface area contributed by atoms with Crippen molar-refractivity contribution < 1.29 is 42.1 Å². The Hall–Kier alpha value is -1.25. The summed E-state index contributed by atoms with van der Waals surface area (Å²) < 4.78 is 34.0. The Labute approximate surface area is 358 Å². The van der Waals surface area contributed by atoms with Crippen molar-refractivity contribution in [3.63, 3.8) is 0 Å². The molecule has 0 aromatic heterocycles. The van der Waals surface area contributed by atoms with Crippen molar-refractivity contribution in [1.82, 2.24) is 0 Å². The van der Waals surface area contributed by atoms with Gasteiger partial charge in [-0.1, -0.05) is 193 Å². The van der Waals surface area contributed by atoms with Gasteiger partial charge in [0.15, 0.2) is 6.10 Å². The van der Waals surface area contributed by atoms with E-state index in [1.807, 2.05) is 21.1 Å². The second kappa shape index (κ2) is 41.1. The number of nitrogens with zero attached hydrogens (tertiary/aromatic N) is 1. The van der Waals surface area contributed by atoms with Crippen molar-refractivity contribution in [3.8, 4) is 0 Å². The topological polar surface area (TPSA) is 111 Å². The SMILES string of the molecule is CCCCCCC/C=C/CCCCCCCC(=O)O[C@H](COC(=O)CCCCCCCCCCCCCCCCCCCCCC)COP(=O)([O-])OCC[N+](C)(C)C. The lowest BCUT2D eigenvalue weighted by atomic mass is 10.0. The van der Waals surface area contributed by atoms with Gasteiger partial charge in [-0.3, -0.25) is 14.2 Å². The third-order valence-corrected chi connectivity index (χ3v) is 11.7. The lowest BCUT2D eigenvalue weighted by Gasteiger charge is -2.28. The molecular formula is C48H94NO8P. The fourth-order valence-electron chi connectivity index (χ4n) is 6.95. The van der Waals surface area contributed by atoms with Crippen LogP contribution in [0.3, 0.4) is 0 Å². The van der Waals surface area contributed by atoms with Crippen LogP contribution in [0.2, 0.25) is 0 Å². The molecule has 0 bridgehead atoms. The Morgan fingerprint density at radius 3 is 1.28 bits per heavy atom. The van der Waals surface area contributed by atoms with E-state index in [1.54, 1.807) is 0 Å². The van der Waals surface area contributed by atoms with Crippen LogP contribution in [0, 0.1) is 0 Å². The highest BCUT2D eigenvalue weighted by Crippen LogP contribution is 2.38. The molecule has 0 saturated heterocycles. The predicted octanol–water partition coefficient (Wildman–Crippen LogP) is 13.5. The molecule has 1 unspecified atom stereocenters. The molecule has 0 aliphatic rings. The summed E-state index contributed by atoms with van der Waals surface area (Å²) in [6, 6.07) is 0. The molecule has 9 nitrogen and oxygen atoms in total. The largest absolute Gasteiger partial charge is 0.756 e. The number of rotatable bonds is 45. The first-order chi connectivity index (χ1) is 28.0. The van der Waals surface area contributed by atoms with Crippen molar-refractivity contribution >= 4 is 19.8 Å². The van der Waals surface area contributed by atoms with Crippen LogP contribution >= 0.6 is 7.82 Å². The van der Waals surface area contributed by atoms with Gasteiger partial charge in [0.1, 0.15) is 19.8 Å². The molecule has 0 aromatic carbocycles. The molecule has 0 aliphatic heterocycles. The van der Waals surface area contributed by atoms with Gasteiger partial charge in [0.2, 0.25) is 0 Å². The van der Waals surface area contributed by atoms with Crippen molar-refractivity contribution in [2.75, 3.05) is 47.5 Å². The van der Waals surface area contributed by atoms with E-state index >= 15 is 0 Å². The molecule has 0 heterocycles. The zero-order valence-corrected chi connectivity index (χ0v) is 39.7. The van der Waals surface area contributed by atoms with E-state index in [0.717, 1.165) is 51.4 Å². The number of hydrogen-bond acceptors (Lipinski definition) is 8. The Bertz CT molecular complexity index is 1000. The van der Waals surface area contributed by atoms with Crippen LogP contribution in [-0.2, 0) is 32.7 Å². The molecule has 2 atom stereocenters. The van der Waals surface area contributed by atoms with Crippen molar-refractivity contribution in [2.45, 2.75) is 238 Å². The first-order valence-electron chi connectivity index (χ1n) is 24.4. The molecule has 0 saturated carbocycles. The summed E-state index contributed by atoms with van der Waals surface area (Å²) >= 11 is 0. The average molecular weight is 844 g/mol. The average Bonchev–Trinajstić information content (AvgIpc) is 3.17. The maximum atomic E-state index is 12.7. The maximum Gasteiger partial charge on any atom is 0.306 e. The van der Waals surface area contributed by atoms with E-state index in [-0.39, 0.29) is 32.0 Å². The molecule has 0 radical (unpaired) electrons. The monoisotopic (exact) mass is 844 g/mol. The third-order valence-electron chi connectivity index (χ3n) is 10.8. The number of ether oxygens (including phenoxy) is 2. The number of phosphoric ester groups is 1. The molecule has 344 valence electrons. The number of carbonyl (C=O) groups excluding carboxylic acids is 2. The molecule has 0 N–H and O–H groups in total. The number of quaternary nitrogens is 1. The summed E-state index contributed by atoms with van der Waals surface area (Å²) in [6.45, 7) is 4.25. The van der Waals surface area contributed by atoms with E-state index in [9.17, 15) is 19.0 Å². The molecule has 0 spiro atoms. The van der Waals surface area contributed by atoms with Gasteiger partial charge in [-0.15, -0.1) is 0 Å². The Morgan fingerprint density at radius 1 is 0.517 bits per heavy atom. The summed E-state index contributed by atoms with van der Waals surface area (Å²) in [5, 5.41) is 0. The molecule has 10 heteroatoms. The number of esters is 2. The molecular weight excluding hydrogens is 750 g/mol. The van der Waals surface area contributed by atoms with Crippen LogP contribution in [0.4, 0.5) is 0 Å². The summed E-state index contributed by atoms with van der Waals surface area (Å²) in [4.78, 5) is 37.6. The highest BCUT2D eigenvalue weighted by molar-refractivity contribution is 7.45. The smallest absolute Gasteiger partial charge is 0.306 e. The number of likely N-dealkylation sites (N-methyl/N-ethyl adjacent to an activating group) is 1. The Morgan fingerprint density at radius 2 is 0.879 bits per heavy atom. The lowest BCUT2D eigenvalue weighted by molar-refractivity contribution is -0.870. The van der Waals surface area contributed by atoms with Gasteiger partial charge in [0.05, 0.1) is 27.7 Å². The van der Waals surface area contributed by atoms with Gasteiger partial charge < -0.3 is 27.9 Å². The summed E-state index contributed by atoms with van der Waals surface area (Å²) in [5.41, 5.74) is 0. The van der Waals surface area contributed by atoms with Gasteiger partial charge in [-0.2, -0.15) is 0 Å². The minimum absolute atomic E-state index is 0.0292. The summed E-state index contributed by atoms with van der Waals surface area (Å²) in [6.07, 6.45) is 43.8. The predicted molar refractivity (Wildman–Crippen MR) is 241 cm³/mol. The van der Waals surface area contributed by atoms with E-state index in [1.165, 1.54) is 148 Å². The lowest BCUT2D eigenvalue weighted by Crippen LogP contribution is -2.37. The number of carbonyl (C=O) groups is 2. The van der Waals surface area contributed by atoms with Crippen LogP contribution in [-0.4, -0.2) is 70.0 Å². The second-order valence-electron chi connectivity index (χ2n) is 17.8. The van der Waals surface area contributed by atoms with Crippen molar-refractivity contribution in [2.24, 2.45) is 0 Å². The Balaban J connectivity index is 4.23. The minimum Gasteiger partial charge on any atom is -0.756 e. The molecule has 0 amide bonds. The number of unbranched alkanes of at least 4 members (excludes halogenated alkanes) is 29. The normalized spacial score (nSPS) is 13.6. The number of phosphoric acid groups is 1. The molecule has 0 rings (SSSR count). The van der Waals surface area contributed by atoms with Gasteiger partial charge in [0.25, 0.3) is 7.82 Å². The number of allylic oxidation sites excluding steroid dienone is 2. The van der Waals surface area contributed by atoms with E-state index in [4.69, 9.17) is 18.5 Å². The van der Waals surface area contributed by atoms with Crippen molar-refractivity contribution in [3.05, 3.63) is 12.2 Å². The van der Waals surface area contributed by atoms with Gasteiger partial charge in [-0.05, 0) is 38.5 Å². The standard InChI is InChI=1S/C48H94NO8P/c1-6-8-10-12-14-16-18-20-22-23-24-25-26-27-29-30-32-34-36-38-40-47(50)54-44-46(45-56-58(52,53)55-43-42-49(3,4)5)57-48(51)41-39-37-35-33-31-28-21-19-17-15-13-11-9-7-2/h19,21,46H,6-18,20,22-45H2,1-5H3/b21-19+/t46-/m1/s1. The molecule has 58 heavy (non-hydrogen) atoms. The van der Waals surface area contributed by atoms with Crippen LogP contribution in [0.15, 0.2) is 12.2 Å². The van der Waals surface area contributed by atoms with Gasteiger partial charge >= 0.3 is 11.9 Å². The molecule has 0 aliphatic carbocycles. The highest BCUT2D eigenvalue weighted by Gasteiger charge is 2.21. The maximum absolute atomic E-state index is 12.7. The molecule has 0 aromatic rings. The quantitative estimate of drug-likeness (QED) is 0.0196. The van der Waals surface area contributed by atoms with Gasteiger partial charge in [0, 0.05) is 12.8 Å². The van der Waals surface area contributed by atoms with Gasteiger partial charge in [-0.25, -0.2) is 0 Å².